The molecule has 3 aromatic rings. The fraction of sp³-hybridized carbons (Fsp3) is 0.211. The van der Waals surface area contributed by atoms with Gasteiger partial charge in [0.25, 0.3) is 0 Å². The maximum atomic E-state index is 12.1. The minimum Gasteiger partial charge on any atom is -0.300 e. The number of halogens is 1. The van der Waals surface area contributed by atoms with Gasteiger partial charge in [-0.1, -0.05) is 65.4 Å². The summed E-state index contributed by atoms with van der Waals surface area (Å²) in [4.78, 5) is 12.1. The van der Waals surface area contributed by atoms with E-state index >= 15 is 0 Å². The van der Waals surface area contributed by atoms with E-state index in [2.05, 4.69) is 39.8 Å². The van der Waals surface area contributed by atoms with Gasteiger partial charge < -0.3 is 5.32 Å². The smallest absolute Gasteiger partial charge is 0.230 e. The zero-order valence-electron chi connectivity index (χ0n) is 13.6. The van der Waals surface area contributed by atoms with Crippen molar-refractivity contribution in [1.82, 2.24) is 10.2 Å². The van der Waals surface area contributed by atoms with Gasteiger partial charge in [0.15, 0.2) is 0 Å². The van der Waals surface area contributed by atoms with E-state index < -0.39 is 0 Å². The first-order valence-electron chi connectivity index (χ1n) is 8.09. The highest BCUT2D eigenvalue weighted by Crippen LogP contribution is 2.18. The standard InChI is InChI=1S/C19H18ClN3OS/c20-16-11-9-15(10-12-16)13-17(24)21-19-23-22-18(25-19)8-4-7-14-5-2-1-3-6-14/h1-3,5-6,9-12H,4,7-8,13H2,(H,21,23,24). The molecule has 6 heteroatoms. The first kappa shape index (κ1) is 17.6. The Kier molecular flexibility index (Phi) is 6.14. The maximum absolute atomic E-state index is 12.1. The van der Waals surface area contributed by atoms with Crippen LogP contribution in [0.1, 0.15) is 22.6 Å². The van der Waals surface area contributed by atoms with E-state index in [4.69, 9.17) is 11.6 Å². The quantitative estimate of drug-likeness (QED) is 0.663. The van der Waals surface area contributed by atoms with Crippen LogP contribution < -0.4 is 5.32 Å². The van der Waals surface area contributed by atoms with Crippen LogP contribution in [-0.4, -0.2) is 16.1 Å². The molecule has 3 rings (SSSR count). The van der Waals surface area contributed by atoms with Gasteiger partial charge in [-0.3, -0.25) is 4.79 Å². The van der Waals surface area contributed by atoms with Crippen molar-refractivity contribution >= 4 is 34.0 Å². The molecular formula is C19H18ClN3OS. The van der Waals surface area contributed by atoms with E-state index in [0.717, 1.165) is 29.8 Å². The summed E-state index contributed by atoms with van der Waals surface area (Å²) in [7, 11) is 0. The minimum absolute atomic E-state index is 0.102. The molecule has 1 N–H and O–H groups in total. The first-order chi connectivity index (χ1) is 12.2. The lowest BCUT2D eigenvalue weighted by molar-refractivity contribution is -0.115. The predicted octanol–water partition coefficient (Wildman–Crippen LogP) is 4.55. The summed E-state index contributed by atoms with van der Waals surface area (Å²) < 4.78 is 0. The van der Waals surface area contributed by atoms with Crippen molar-refractivity contribution in [2.45, 2.75) is 25.7 Å². The molecule has 0 atom stereocenters. The highest BCUT2D eigenvalue weighted by molar-refractivity contribution is 7.15. The normalized spacial score (nSPS) is 10.6. The zero-order chi connectivity index (χ0) is 17.5. The maximum Gasteiger partial charge on any atom is 0.230 e. The number of nitrogens with one attached hydrogen (secondary N) is 1. The molecule has 0 fully saturated rings. The van der Waals surface area contributed by atoms with E-state index in [-0.39, 0.29) is 5.91 Å². The van der Waals surface area contributed by atoms with Gasteiger partial charge in [-0.15, -0.1) is 10.2 Å². The van der Waals surface area contributed by atoms with Gasteiger partial charge in [0.05, 0.1) is 6.42 Å². The molecule has 0 aliphatic carbocycles. The molecule has 0 aliphatic rings. The van der Waals surface area contributed by atoms with Crippen molar-refractivity contribution in [1.29, 1.82) is 0 Å². The SMILES string of the molecule is O=C(Cc1ccc(Cl)cc1)Nc1nnc(CCCc2ccccc2)s1. The Balaban J connectivity index is 1.46. The molecule has 1 heterocycles. The minimum atomic E-state index is -0.102. The number of anilines is 1. The summed E-state index contributed by atoms with van der Waals surface area (Å²) >= 11 is 7.28. The van der Waals surface area contributed by atoms with Gasteiger partial charge in [0, 0.05) is 11.4 Å². The molecule has 0 saturated carbocycles. The molecule has 4 nitrogen and oxygen atoms in total. The summed E-state index contributed by atoms with van der Waals surface area (Å²) in [6.07, 6.45) is 3.18. The molecule has 2 aromatic carbocycles. The van der Waals surface area contributed by atoms with Gasteiger partial charge >= 0.3 is 0 Å². The van der Waals surface area contributed by atoms with E-state index in [1.165, 1.54) is 16.9 Å². The van der Waals surface area contributed by atoms with Crippen LogP contribution in [0.15, 0.2) is 54.6 Å². The van der Waals surface area contributed by atoms with E-state index in [1.54, 1.807) is 12.1 Å². The molecule has 0 aliphatic heterocycles. The fourth-order valence-corrected chi connectivity index (χ4v) is 3.37. The highest BCUT2D eigenvalue weighted by atomic mass is 35.5. The second kappa shape index (κ2) is 8.74. The van der Waals surface area contributed by atoms with Crippen LogP contribution in [0.2, 0.25) is 5.02 Å². The monoisotopic (exact) mass is 371 g/mol. The Morgan fingerprint density at radius 2 is 1.72 bits per heavy atom. The molecule has 0 radical (unpaired) electrons. The number of hydrogen-bond acceptors (Lipinski definition) is 4. The zero-order valence-corrected chi connectivity index (χ0v) is 15.2. The predicted molar refractivity (Wildman–Crippen MR) is 102 cm³/mol. The lowest BCUT2D eigenvalue weighted by atomic mass is 10.1. The van der Waals surface area contributed by atoms with Crippen LogP contribution in [0.5, 0.6) is 0 Å². The summed E-state index contributed by atoms with van der Waals surface area (Å²) in [5.74, 6) is -0.102. The Hall–Kier alpha value is -2.24. The van der Waals surface area contributed by atoms with Gasteiger partial charge in [0.2, 0.25) is 11.0 Å². The van der Waals surface area contributed by atoms with Crippen molar-refractivity contribution in [3.63, 3.8) is 0 Å². The topological polar surface area (TPSA) is 54.9 Å². The number of rotatable bonds is 7. The molecule has 0 bridgehead atoms. The van der Waals surface area contributed by atoms with Gasteiger partial charge in [0.1, 0.15) is 5.01 Å². The second-order valence-electron chi connectivity index (χ2n) is 5.69. The number of aryl methyl sites for hydroxylation is 2. The van der Waals surface area contributed by atoms with Crippen LogP contribution in [0.3, 0.4) is 0 Å². The number of amides is 1. The van der Waals surface area contributed by atoms with Crippen LogP contribution in [0, 0.1) is 0 Å². The second-order valence-corrected chi connectivity index (χ2v) is 7.19. The number of nitrogens with zero attached hydrogens (tertiary/aromatic N) is 2. The third-order valence-electron chi connectivity index (χ3n) is 3.69. The average Bonchev–Trinajstić information content (AvgIpc) is 3.05. The summed E-state index contributed by atoms with van der Waals surface area (Å²) in [6.45, 7) is 0. The van der Waals surface area contributed by atoms with Gasteiger partial charge in [-0.25, -0.2) is 0 Å². The van der Waals surface area contributed by atoms with Gasteiger partial charge in [-0.05, 0) is 36.1 Å². The summed E-state index contributed by atoms with van der Waals surface area (Å²) in [5.41, 5.74) is 2.23. The molecule has 0 saturated heterocycles. The lowest BCUT2D eigenvalue weighted by Crippen LogP contribution is -2.14. The largest absolute Gasteiger partial charge is 0.300 e. The third kappa shape index (κ3) is 5.66. The molecule has 0 unspecified atom stereocenters. The lowest BCUT2D eigenvalue weighted by Gasteiger charge is -2.01. The van der Waals surface area contributed by atoms with Crippen molar-refractivity contribution in [2.75, 3.05) is 5.32 Å². The van der Waals surface area contributed by atoms with E-state index in [1.807, 2.05) is 18.2 Å². The summed E-state index contributed by atoms with van der Waals surface area (Å²) in [6, 6.07) is 17.6. The number of aromatic nitrogens is 2. The Bertz CT molecular complexity index is 818. The van der Waals surface area contributed by atoms with E-state index in [0.29, 0.717) is 16.6 Å². The van der Waals surface area contributed by atoms with Crippen molar-refractivity contribution in [3.05, 3.63) is 75.8 Å². The number of hydrogen-bond donors (Lipinski definition) is 1. The Labute approximate surface area is 155 Å². The number of benzene rings is 2. The van der Waals surface area contributed by atoms with Crippen molar-refractivity contribution in [3.8, 4) is 0 Å². The summed E-state index contributed by atoms with van der Waals surface area (Å²) in [5, 5.41) is 13.2. The number of carbonyl (C=O) groups excluding carboxylic acids is 1. The van der Waals surface area contributed by atoms with Crippen LogP contribution in [0.4, 0.5) is 5.13 Å². The Morgan fingerprint density at radius 3 is 2.48 bits per heavy atom. The van der Waals surface area contributed by atoms with Gasteiger partial charge in [-0.2, -0.15) is 0 Å². The van der Waals surface area contributed by atoms with Crippen molar-refractivity contribution in [2.24, 2.45) is 0 Å². The molecule has 1 amide bonds. The average molecular weight is 372 g/mol. The van der Waals surface area contributed by atoms with Crippen molar-refractivity contribution < 1.29 is 4.79 Å². The van der Waals surface area contributed by atoms with Crippen LogP contribution in [-0.2, 0) is 24.1 Å². The molecular weight excluding hydrogens is 354 g/mol. The third-order valence-corrected chi connectivity index (χ3v) is 4.84. The van der Waals surface area contributed by atoms with E-state index in [9.17, 15) is 4.79 Å². The first-order valence-corrected chi connectivity index (χ1v) is 9.29. The molecule has 25 heavy (non-hydrogen) atoms. The fourth-order valence-electron chi connectivity index (χ4n) is 2.44. The molecule has 0 spiro atoms. The molecule has 1 aromatic heterocycles. The van der Waals surface area contributed by atoms with Crippen LogP contribution in [0.25, 0.3) is 0 Å². The van der Waals surface area contributed by atoms with Crippen LogP contribution >= 0.6 is 22.9 Å². The molecule has 128 valence electrons. The Morgan fingerprint density at radius 1 is 0.960 bits per heavy atom. The number of carbonyl (C=O) groups is 1. The highest BCUT2D eigenvalue weighted by Gasteiger charge is 2.09.